The summed E-state index contributed by atoms with van der Waals surface area (Å²) in [6.07, 6.45) is 1.81. The molecule has 1 unspecified atom stereocenters. The third kappa shape index (κ3) is 3.98. The summed E-state index contributed by atoms with van der Waals surface area (Å²) in [6.45, 7) is 6.14. The summed E-state index contributed by atoms with van der Waals surface area (Å²) in [5.74, 6) is 0.475. The number of anilines is 1. The van der Waals surface area contributed by atoms with Crippen LogP contribution in [-0.2, 0) is 20.9 Å². The number of halogens is 1. The number of rotatable bonds is 7. The van der Waals surface area contributed by atoms with Crippen LogP contribution in [0.25, 0.3) is 0 Å². The van der Waals surface area contributed by atoms with Gasteiger partial charge in [0, 0.05) is 37.8 Å². The SMILES string of the molecule is CCOC(=O)C1CN(COCc2cncs2)CC12CN(c1ccc(Cl)nn1)C2. The van der Waals surface area contributed by atoms with Crippen LogP contribution in [0.1, 0.15) is 11.8 Å². The summed E-state index contributed by atoms with van der Waals surface area (Å²) in [5.41, 5.74) is 1.64. The van der Waals surface area contributed by atoms with Crippen molar-refractivity contribution >= 4 is 34.7 Å². The average Bonchev–Trinajstić information content (AvgIpc) is 3.29. The van der Waals surface area contributed by atoms with Gasteiger partial charge in [-0.1, -0.05) is 11.6 Å². The second-order valence-electron chi connectivity index (χ2n) is 7.19. The van der Waals surface area contributed by atoms with Crippen LogP contribution in [-0.4, -0.2) is 65.6 Å². The predicted octanol–water partition coefficient (Wildman–Crippen LogP) is 2.06. The molecule has 0 saturated carbocycles. The van der Waals surface area contributed by atoms with Gasteiger partial charge in [0.25, 0.3) is 0 Å². The Kier molecular flexibility index (Phi) is 5.77. The van der Waals surface area contributed by atoms with E-state index < -0.39 is 0 Å². The molecule has 28 heavy (non-hydrogen) atoms. The number of esters is 1. The topological polar surface area (TPSA) is 80.7 Å². The Bertz CT molecular complexity index is 798. The minimum Gasteiger partial charge on any atom is -0.466 e. The Hall–Kier alpha value is -1.81. The highest BCUT2D eigenvalue weighted by molar-refractivity contribution is 7.09. The van der Waals surface area contributed by atoms with Crippen LogP contribution in [0.4, 0.5) is 5.82 Å². The maximum absolute atomic E-state index is 12.6. The molecule has 0 N–H and O–H groups in total. The zero-order valence-electron chi connectivity index (χ0n) is 15.6. The molecule has 2 fully saturated rings. The van der Waals surface area contributed by atoms with Gasteiger partial charge in [0.15, 0.2) is 11.0 Å². The lowest BCUT2D eigenvalue weighted by molar-refractivity contribution is -0.151. The zero-order chi connectivity index (χ0) is 19.6. The Morgan fingerprint density at radius 1 is 1.36 bits per heavy atom. The second-order valence-corrected chi connectivity index (χ2v) is 8.55. The molecular weight excluding hydrogens is 402 g/mol. The Labute approximate surface area is 172 Å². The molecule has 2 aliphatic rings. The molecule has 4 heterocycles. The summed E-state index contributed by atoms with van der Waals surface area (Å²) in [7, 11) is 0. The van der Waals surface area contributed by atoms with Crippen LogP contribution in [0.15, 0.2) is 23.8 Å². The van der Waals surface area contributed by atoms with Crippen molar-refractivity contribution in [3.05, 3.63) is 33.9 Å². The number of carbonyl (C=O) groups excluding carboxylic acids is 1. The zero-order valence-corrected chi connectivity index (χ0v) is 17.2. The van der Waals surface area contributed by atoms with E-state index in [1.54, 1.807) is 22.9 Å². The van der Waals surface area contributed by atoms with E-state index in [1.807, 2.05) is 19.2 Å². The fourth-order valence-corrected chi connectivity index (χ4v) is 4.63. The van der Waals surface area contributed by atoms with E-state index in [1.165, 1.54) is 0 Å². The molecular formula is C18H22ClN5O3S. The number of aromatic nitrogens is 3. The summed E-state index contributed by atoms with van der Waals surface area (Å²) in [5, 5.41) is 8.42. The van der Waals surface area contributed by atoms with Gasteiger partial charge in [-0.3, -0.25) is 14.7 Å². The van der Waals surface area contributed by atoms with Crippen LogP contribution < -0.4 is 4.90 Å². The summed E-state index contributed by atoms with van der Waals surface area (Å²) < 4.78 is 11.2. The number of likely N-dealkylation sites (tertiary alicyclic amines) is 1. The lowest BCUT2D eigenvalue weighted by atomic mass is 9.71. The Morgan fingerprint density at radius 3 is 2.89 bits per heavy atom. The number of nitrogens with zero attached hydrogens (tertiary/aromatic N) is 5. The Balaban J connectivity index is 1.39. The minimum absolute atomic E-state index is 0.130. The monoisotopic (exact) mass is 423 g/mol. The minimum atomic E-state index is -0.170. The maximum Gasteiger partial charge on any atom is 0.310 e. The summed E-state index contributed by atoms with van der Waals surface area (Å²) in [6, 6.07) is 3.58. The molecule has 2 aromatic rings. The van der Waals surface area contributed by atoms with Gasteiger partial charge in [-0.15, -0.1) is 21.5 Å². The Morgan fingerprint density at radius 2 is 2.21 bits per heavy atom. The smallest absolute Gasteiger partial charge is 0.310 e. The van der Waals surface area contributed by atoms with Gasteiger partial charge in [-0.25, -0.2) is 0 Å². The molecule has 0 radical (unpaired) electrons. The maximum atomic E-state index is 12.6. The second kappa shape index (κ2) is 8.28. The van der Waals surface area contributed by atoms with E-state index in [9.17, 15) is 4.79 Å². The largest absolute Gasteiger partial charge is 0.466 e. The molecule has 4 rings (SSSR count). The lowest BCUT2D eigenvalue weighted by Crippen LogP contribution is -2.62. The molecule has 2 aromatic heterocycles. The van der Waals surface area contributed by atoms with Crippen molar-refractivity contribution in [3.63, 3.8) is 0 Å². The first kappa shape index (κ1) is 19.5. The first-order valence-corrected chi connectivity index (χ1v) is 10.4. The highest BCUT2D eigenvalue weighted by atomic mass is 35.5. The van der Waals surface area contributed by atoms with Crippen LogP contribution in [0, 0.1) is 11.3 Å². The molecule has 0 aromatic carbocycles. The molecule has 2 saturated heterocycles. The fraction of sp³-hybridized carbons (Fsp3) is 0.556. The average molecular weight is 424 g/mol. The predicted molar refractivity (Wildman–Crippen MR) is 105 cm³/mol. The fourth-order valence-electron chi connectivity index (χ4n) is 4.00. The van der Waals surface area contributed by atoms with Crippen molar-refractivity contribution < 1.29 is 14.3 Å². The molecule has 0 aliphatic carbocycles. The van der Waals surface area contributed by atoms with Gasteiger partial charge in [-0.2, -0.15) is 0 Å². The van der Waals surface area contributed by atoms with E-state index in [4.69, 9.17) is 21.1 Å². The van der Waals surface area contributed by atoms with Crippen LogP contribution >= 0.6 is 22.9 Å². The van der Waals surface area contributed by atoms with Gasteiger partial charge >= 0.3 is 5.97 Å². The molecule has 1 atom stereocenters. The van der Waals surface area contributed by atoms with E-state index >= 15 is 0 Å². The highest BCUT2D eigenvalue weighted by Gasteiger charge is 2.57. The third-order valence-electron chi connectivity index (χ3n) is 5.24. The van der Waals surface area contributed by atoms with Crippen LogP contribution in [0.5, 0.6) is 0 Å². The summed E-state index contributed by atoms with van der Waals surface area (Å²) in [4.78, 5) is 22.0. The van der Waals surface area contributed by atoms with Gasteiger partial charge in [0.2, 0.25) is 0 Å². The van der Waals surface area contributed by atoms with E-state index in [0.717, 1.165) is 30.3 Å². The van der Waals surface area contributed by atoms with Crippen molar-refractivity contribution in [2.24, 2.45) is 11.3 Å². The number of ether oxygens (including phenoxy) is 2. The number of hydrogen-bond acceptors (Lipinski definition) is 9. The van der Waals surface area contributed by atoms with Gasteiger partial charge < -0.3 is 14.4 Å². The quantitative estimate of drug-likeness (QED) is 0.626. The van der Waals surface area contributed by atoms with E-state index in [2.05, 4.69) is 25.0 Å². The molecule has 1 spiro atoms. The van der Waals surface area contributed by atoms with Crippen molar-refractivity contribution in [2.75, 3.05) is 44.4 Å². The number of hydrogen-bond donors (Lipinski definition) is 0. The van der Waals surface area contributed by atoms with Crippen molar-refractivity contribution in [1.29, 1.82) is 0 Å². The third-order valence-corrected chi connectivity index (χ3v) is 6.20. The molecule has 0 amide bonds. The van der Waals surface area contributed by atoms with Crippen LogP contribution in [0.2, 0.25) is 5.15 Å². The normalized spacial score (nSPS) is 21.1. The molecule has 2 aliphatic heterocycles. The van der Waals surface area contributed by atoms with Crippen molar-refractivity contribution in [2.45, 2.75) is 13.5 Å². The molecule has 150 valence electrons. The molecule has 0 bridgehead atoms. The molecule has 8 nitrogen and oxygen atoms in total. The van der Waals surface area contributed by atoms with Crippen LogP contribution in [0.3, 0.4) is 0 Å². The number of thiazole rings is 1. The first-order chi connectivity index (χ1) is 13.6. The lowest BCUT2D eigenvalue weighted by Gasteiger charge is -2.50. The standard InChI is InChI=1S/C18H22ClN5O3S/c1-2-27-17(25)14-6-23(12-26-7-13-5-20-11-28-13)8-18(14)9-24(10-18)16-4-3-15(19)21-22-16/h3-5,11,14H,2,6-10,12H2,1H3. The van der Waals surface area contributed by atoms with Gasteiger partial charge in [0.1, 0.15) is 0 Å². The number of carbonyl (C=O) groups is 1. The van der Waals surface area contributed by atoms with E-state index in [-0.39, 0.29) is 17.3 Å². The van der Waals surface area contributed by atoms with Crippen molar-refractivity contribution in [1.82, 2.24) is 20.1 Å². The highest BCUT2D eigenvalue weighted by Crippen LogP contribution is 2.45. The van der Waals surface area contributed by atoms with Gasteiger partial charge in [-0.05, 0) is 19.1 Å². The first-order valence-electron chi connectivity index (χ1n) is 9.18. The summed E-state index contributed by atoms with van der Waals surface area (Å²) >= 11 is 7.40. The van der Waals surface area contributed by atoms with E-state index in [0.29, 0.717) is 31.6 Å². The van der Waals surface area contributed by atoms with Crippen molar-refractivity contribution in [3.8, 4) is 0 Å². The van der Waals surface area contributed by atoms with Gasteiger partial charge in [0.05, 0.1) is 36.3 Å². The molecule has 10 heteroatoms.